The average molecular weight is 459 g/mol. The average Bonchev–Trinajstić information content (AvgIpc) is 3.40. The van der Waals surface area contributed by atoms with Crippen LogP contribution in [0.3, 0.4) is 0 Å². The molecule has 3 heterocycles. The van der Waals surface area contributed by atoms with Gasteiger partial charge in [-0.05, 0) is 38.9 Å². The molecule has 5 N–H and O–H groups in total. The quantitative estimate of drug-likeness (QED) is 0.473. The number of anilines is 2. The van der Waals surface area contributed by atoms with Gasteiger partial charge in [-0.1, -0.05) is 12.1 Å². The Morgan fingerprint density at radius 3 is 2.79 bits per heavy atom. The highest BCUT2D eigenvalue weighted by Crippen LogP contribution is 2.28. The van der Waals surface area contributed by atoms with Gasteiger partial charge < -0.3 is 35.8 Å². The summed E-state index contributed by atoms with van der Waals surface area (Å²) in [5.41, 5.74) is 7.62. The zero-order valence-electron chi connectivity index (χ0n) is 19.3. The molecule has 1 amide bonds. The molecular weight excluding hydrogens is 424 g/mol. The van der Waals surface area contributed by atoms with Crippen LogP contribution in [-0.2, 0) is 9.53 Å². The number of rotatable bonds is 7. The minimum atomic E-state index is -0.600. The third kappa shape index (κ3) is 7.28. The van der Waals surface area contributed by atoms with Gasteiger partial charge in [-0.25, -0.2) is 9.97 Å². The topological polar surface area (TPSA) is 135 Å². The summed E-state index contributed by atoms with van der Waals surface area (Å²) in [7, 11) is 1.77. The van der Waals surface area contributed by atoms with E-state index in [2.05, 4.69) is 20.6 Å². The molecule has 1 atom stereocenters. The summed E-state index contributed by atoms with van der Waals surface area (Å²) in [6.07, 6.45) is 1.96. The van der Waals surface area contributed by atoms with Crippen LogP contribution in [0.1, 0.15) is 18.4 Å². The molecule has 2 aromatic rings. The molecule has 0 spiro atoms. The second kappa shape index (κ2) is 12.3. The van der Waals surface area contributed by atoms with E-state index in [0.717, 1.165) is 24.3 Å². The molecular formula is C23H34N6O4. The second-order valence-electron chi connectivity index (χ2n) is 8.02. The molecule has 0 saturated carbocycles. The van der Waals surface area contributed by atoms with Crippen molar-refractivity contribution in [2.24, 2.45) is 0 Å². The molecule has 180 valence electrons. The first-order valence-electron chi connectivity index (χ1n) is 11.3. The van der Waals surface area contributed by atoms with E-state index >= 15 is 0 Å². The maximum absolute atomic E-state index is 11.7. The van der Waals surface area contributed by atoms with Crippen LogP contribution >= 0.6 is 0 Å². The number of hydrogen-bond acceptors (Lipinski definition) is 9. The fraction of sp³-hybridized carbons (Fsp3) is 0.522. The highest BCUT2D eigenvalue weighted by molar-refractivity contribution is 5.83. The summed E-state index contributed by atoms with van der Waals surface area (Å²) in [5, 5.41) is 15.5. The predicted molar refractivity (Wildman–Crippen MR) is 127 cm³/mol. The van der Waals surface area contributed by atoms with Crippen LogP contribution < -0.4 is 26.0 Å². The maximum atomic E-state index is 11.7. The Morgan fingerprint density at radius 1 is 1.33 bits per heavy atom. The molecule has 0 aliphatic carbocycles. The van der Waals surface area contributed by atoms with E-state index < -0.39 is 6.10 Å². The summed E-state index contributed by atoms with van der Waals surface area (Å²) < 4.78 is 10.6. The number of aromatic nitrogens is 2. The third-order valence-electron chi connectivity index (χ3n) is 5.30. The van der Waals surface area contributed by atoms with Gasteiger partial charge in [0.2, 0.25) is 5.91 Å². The molecule has 0 bridgehead atoms. The van der Waals surface area contributed by atoms with Crippen molar-refractivity contribution in [1.29, 1.82) is 0 Å². The van der Waals surface area contributed by atoms with E-state index in [1.54, 1.807) is 7.05 Å². The smallest absolute Gasteiger partial charge is 0.239 e. The Labute approximate surface area is 194 Å². The number of nitrogens with two attached hydrogens (primary N) is 1. The molecule has 2 aliphatic rings. The van der Waals surface area contributed by atoms with Crippen LogP contribution in [0.4, 0.5) is 11.6 Å². The van der Waals surface area contributed by atoms with E-state index in [-0.39, 0.29) is 19.1 Å². The van der Waals surface area contributed by atoms with Crippen molar-refractivity contribution in [3.63, 3.8) is 0 Å². The number of piperazine rings is 1. The van der Waals surface area contributed by atoms with E-state index in [0.29, 0.717) is 42.8 Å². The zero-order chi connectivity index (χ0) is 23.6. The van der Waals surface area contributed by atoms with Gasteiger partial charge in [-0.2, -0.15) is 0 Å². The number of amides is 1. The summed E-state index contributed by atoms with van der Waals surface area (Å²) in [6.45, 7) is 5.94. The number of carbonyl (C=O) groups excluding carboxylic acids is 1. The van der Waals surface area contributed by atoms with Gasteiger partial charge in [-0.3, -0.25) is 4.79 Å². The summed E-state index contributed by atoms with van der Waals surface area (Å²) >= 11 is 0. The van der Waals surface area contributed by atoms with Gasteiger partial charge in [0, 0.05) is 44.0 Å². The van der Waals surface area contributed by atoms with Crippen molar-refractivity contribution in [1.82, 2.24) is 20.6 Å². The van der Waals surface area contributed by atoms with Gasteiger partial charge in [0.05, 0.1) is 6.54 Å². The normalized spacial score (nSPS) is 16.6. The van der Waals surface area contributed by atoms with Gasteiger partial charge in [0.25, 0.3) is 0 Å². The van der Waals surface area contributed by atoms with Crippen LogP contribution in [-0.4, -0.2) is 80.1 Å². The number of nitrogens with zero attached hydrogens (tertiary/aromatic N) is 3. The molecule has 10 nitrogen and oxygen atoms in total. The van der Waals surface area contributed by atoms with Crippen molar-refractivity contribution < 1.29 is 19.4 Å². The van der Waals surface area contributed by atoms with E-state index in [9.17, 15) is 9.90 Å². The molecule has 10 heteroatoms. The van der Waals surface area contributed by atoms with Crippen LogP contribution in [0.5, 0.6) is 5.75 Å². The summed E-state index contributed by atoms with van der Waals surface area (Å²) in [5.74, 6) is 2.06. The standard InChI is InChI=1S/C19H26N6O3.C4H8O/c1-12-17(20)23-18(24-19(12)25-7-6-22-16(27)10-25)13-4-3-5-15(8-13)28-11-14(26)9-21-2;1-2-4-5-3-1/h3-5,8,14,21,26H,6-7,9-11H2,1-2H3,(H,22,27)(H2,20,23,24);1-4H2. The maximum Gasteiger partial charge on any atom is 0.239 e. The first-order chi connectivity index (χ1) is 16.0. The van der Waals surface area contributed by atoms with E-state index in [4.69, 9.17) is 15.2 Å². The van der Waals surface area contributed by atoms with Crippen molar-refractivity contribution in [3.05, 3.63) is 29.8 Å². The van der Waals surface area contributed by atoms with Gasteiger partial charge in [0.15, 0.2) is 5.82 Å². The molecule has 33 heavy (non-hydrogen) atoms. The number of aliphatic hydroxyl groups excluding tert-OH is 1. The minimum Gasteiger partial charge on any atom is -0.491 e. The zero-order valence-corrected chi connectivity index (χ0v) is 19.3. The lowest BCUT2D eigenvalue weighted by Crippen LogP contribution is -2.48. The number of ether oxygens (including phenoxy) is 2. The number of benzene rings is 1. The largest absolute Gasteiger partial charge is 0.491 e. The lowest BCUT2D eigenvalue weighted by molar-refractivity contribution is -0.120. The molecule has 2 saturated heterocycles. The Balaban J connectivity index is 0.000000541. The monoisotopic (exact) mass is 458 g/mol. The molecule has 2 fully saturated rings. The Kier molecular flexibility index (Phi) is 9.23. The minimum absolute atomic E-state index is 0.0418. The number of nitrogens with one attached hydrogen (secondary N) is 2. The predicted octanol–water partition coefficient (Wildman–Crippen LogP) is 0.726. The fourth-order valence-electron chi connectivity index (χ4n) is 3.50. The highest BCUT2D eigenvalue weighted by atomic mass is 16.5. The molecule has 4 rings (SSSR count). The Hall–Kier alpha value is -2.95. The van der Waals surface area contributed by atoms with Crippen molar-refractivity contribution in [3.8, 4) is 17.1 Å². The number of carbonyl (C=O) groups is 1. The van der Waals surface area contributed by atoms with E-state index in [1.165, 1.54) is 12.8 Å². The summed E-state index contributed by atoms with van der Waals surface area (Å²) in [6, 6.07) is 7.32. The molecule has 1 aromatic carbocycles. The first kappa shape index (κ1) is 24.7. The van der Waals surface area contributed by atoms with Gasteiger partial charge in [0.1, 0.15) is 30.1 Å². The number of aliphatic hydroxyl groups is 1. The Morgan fingerprint density at radius 2 is 2.12 bits per heavy atom. The number of hydrogen-bond donors (Lipinski definition) is 4. The van der Waals surface area contributed by atoms with Crippen LogP contribution in [0.15, 0.2) is 24.3 Å². The van der Waals surface area contributed by atoms with Crippen molar-refractivity contribution >= 4 is 17.5 Å². The highest BCUT2D eigenvalue weighted by Gasteiger charge is 2.22. The molecule has 2 aliphatic heterocycles. The third-order valence-corrected chi connectivity index (χ3v) is 5.30. The first-order valence-corrected chi connectivity index (χ1v) is 11.3. The van der Waals surface area contributed by atoms with Crippen LogP contribution in [0, 0.1) is 6.92 Å². The van der Waals surface area contributed by atoms with Gasteiger partial charge in [-0.15, -0.1) is 0 Å². The lowest BCUT2D eigenvalue weighted by atomic mass is 10.2. The second-order valence-corrected chi connectivity index (χ2v) is 8.02. The molecule has 0 radical (unpaired) electrons. The Bertz CT molecular complexity index is 914. The van der Waals surface area contributed by atoms with Crippen molar-refractivity contribution in [2.45, 2.75) is 25.9 Å². The lowest BCUT2D eigenvalue weighted by Gasteiger charge is -2.29. The fourth-order valence-corrected chi connectivity index (χ4v) is 3.50. The number of likely N-dealkylation sites (N-methyl/N-ethyl adjacent to an activating group) is 1. The summed E-state index contributed by atoms with van der Waals surface area (Å²) in [4.78, 5) is 22.7. The van der Waals surface area contributed by atoms with Crippen LogP contribution in [0.2, 0.25) is 0 Å². The van der Waals surface area contributed by atoms with E-state index in [1.807, 2.05) is 36.1 Å². The SMILES string of the molecule is C1CCOC1.CNCC(O)COc1cccc(-c2nc(N)c(C)c(N3CCNC(=O)C3)n2)c1. The molecule has 1 aromatic heterocycles. The van der Waals surface area contributed by atoms with Crippen LogP contribution in [0.25, 0.3) is 11.4 Å². The van der Waals surface area contributed by atoms with Crippen molar-refractivity contribution in [2.75, 3.05) is 63.7 Å². The van der Waals surface area contributed by atoms with Gasteiger partial charge >= 0.3 is 0 Å². The number of nitrogen functional groups attached to an aromatic ring is 1. The molecule has 1 unspecified atom stereocenters.